The Hall–Kier alpha value is -4.10. The molecule has 4 aromatic rings. The first-order chi connectivity index (χ1) is 17.7. The third kappa shape index (κ3) is 6.37. The molecule has 2 heterocycles. The fourth-order valence-corrected chi connectivity index (χ4v) is 4.94. The monoisotopic (exact) mass is 537 g/mol. The lowest BCUT2D eigenvalue weighted by atomic mass is 10.1. The number of thioether (sulfide) groups is 1. The first kappa shape index (κ1) is 26.0. The second kappa shape index (κ2) is 11.3. The summed E-state index contributed by atoms with van der Waals surface area (Å²) < 4.78 is 1.74. The van der Waals surface area contributed by atoms with E-state index in [1.54, 1.807) is 35.2 Å². The van der Waals surface area contributed by atoms with E-state index in [1.807, 2.05) is 32.0 Å². The number of non-ortho nitro benzene ring substituents is 1. The van der Waals surface area contributed by atoms with E-state index in [0.717, 1.165) is 5.56 Å². The number of nitro groups is 1. The Balaban J connectivity index is 1.33. The zero-order valence-corrected chi connectivity index (χ0v) is 21.8. The number of thiazole rings is 1. The van der Waals surface area contributed by atoms with E-state index in [2.05, 4.69) is 25.8 Å². The summed E-state index contributed by atoms with van der Waals surface area (Å²) in [5.74, 6) is 0.142. The number of nitro benzene ring substituents is 1. The van der Waals surface area contributed by atoms with Gasteiger partial charge in [0.25, 0.3) is 11.6 Å². The Bertz CT molecular complexity index is 1470. The number of nitrogens with zero attached hydrogens (tertiary/aromatic N) is 5. The van der Waals surface area contributed by atoms with Crippen molar-refractivity contribution < 1.29 is 14.5 Å². The number of aromatic nitrogens is 4. The highest BCUT2D eigenvalue weighted by Gasteiger charge is 2.19. The van der Waals surface area contributed by atoms with E-state index in [1.165, 1.54) is 35.2 Å². The molecule has 0 aliphatic rings. The van der Waals surface area contributed by atoms with Crippen LogP contribution in [0.15, 0.2) is 59.1 Å². The van der Waals surface area contributed by atoms with Crippen LogP contribution < -0.4 is 10.6 Å². The summed E-state index contributed by atoms with van der Waals surface area (Å²) in [6, 6.07) is 13.1. The van der Waals surface area contributed by atoms with Crippen molar-refractivity contribution in [2.24, 2.45) is 7.05 Å². The molecular weight excluding hydrogens is 514 g/mol. The fourth-order valence-electron chi connectivity index (χ4n) is 3.49. The van der Waals surface area contributed by atoms with Gasteiger partial charge in [-0.15, -0.1) is 21.5 Å². The van der Waals surface area contributed by atoms with E-state index in [0.29, 0.717) is 32.9 Å². The minimum absolute atomic E-state index is 0.0282. The van der Waals surface area contributed by atoms with Gasteiger partial charge in [-0.05, 0) is 26.0 Å². The zero-order chi connectivity index (χ0) is 26.5. The maximum atomic E-state index is 12.6. The average Bonchev–Trinajstić information content (AvgIpc) is 3.49. The Morgan fingerprint density at radius 3 is 2.73 bits per heavy atom. The number of hydrogen-bond donors (Lipinski definition) is 2. The number of rotatable bonds is 9. The highest BCUT2D eigenvalue weighted by molar-refractivity contribution is 7.99. The normalized spacial score (nSPS) is 11.6. The quantitative estimate of drug-likeness (QED) is 0.182. The van der Waals surface area contributed by atoms with Gasteiger partial charge >= 0.3 is 0 Å². The molecule has 13 heteroatoms. The standard InChI is InChI=1S/C24H23N7O4S2/c1-14-6-4-8-17(10-14)22(33)25-15(2)21-28-29-24(30(21)3)37-13-20(32)27-23-26-19(12-36-23)16-7-5-9-18(11-16)31(34)35/h4-12,15H,13H2,1-3H3,(H,25,33)(H,26,27,32)/t15-/m1/s1. The van der Waals surface area contributed by atoms with Crippen LogP contribution in [0.2, 0.25) is 0 Å². The molecule has 2 aromatic carbocycles. The van der Waals surface area contributed by atoms with E-state index >= 15 is 0 Å². The Kier molecular flexibility index (Phi) is 7.94. The van der Waals surface area contributed by atoms with Gasteiger partial charge in [0, 0.05) is 35.7 Å². The lowest BCUT2D eigenvalue weighted by Crippen LogP contribution is -2.28. The second-order valence-corrected chi connectivity index (χ2v) is 9.95. The van der Waals surface area contributed by atoms with Gasteiger partial charge in [0.05, 0.1) is 22.4 Å². The summed E-state index contributed by atoms with van der Waals surface area (Å²) in [5.41, 5.74) is 2.66. The summed E-state index contributed by atoms with van der Waals surface area (Å²) in [4.78, 5) is 39.9. The van der Waals surface area contributed by atoms with Crippen molar-refractivity contribution in [3.63, 3.8) is 0 Å². The first-order valence-corrected chi connectivity index (χ1v) is 13.0. The van der Waals surface area contributed by atoms with Gasteiger partial charge in [0.2, 0.25) is 5.91 Å². The molecule has 0 unspecified atom stereocenters. The zero-order valence-electron chi connectivity index (χ0n) is 20.2. The SMILES string of the molecule is Cc1cccc(C(=O)N[C@H](C)c2nnc(SCC(=O)Nc3nc(-c4cccc([N+](=O)[O-])c4)cs3)n2C)c1. The fraction of sp³-hybridized carbons (Fsp3) is 0.208. The molecule has 0 aliphatic heterocycles. The van der Waals surface area contributed by atoms with Crippen LogP contribution in [-0.2, 0) is 11.8 Å². The van der Waals surface area contributed by atoms with E-state index in [4.69, 9.17) is 0 Å². The van der Waals surface area contributed by atoms with Crippen LogP contribution in [0.25, 0.3) is 11.3 Å². The maximum absolute atomic E-state index is 12.6. The van der Waals surface area contributed by atoms with Crippen molar-refractivity contribution in [1.29, 1.82) is 0 Å². The molecule has 1 atom stereocenters. The highest BCUT2D eigenvalue weighted by atomic mass is 32.2. The topological polar surface area (TPSA) is 145 Å². The molecule has 4 rings (SSSR count). The van der Waals surface area contributed by atoms with Gasteiger partial charge in [-0.25, -0.2) is 4.98 Å². The van der Waals surface area contributed by atoms with Crippen molar-refractivity contribution >= 4 is 45.7 Å². The third-order valence-corrected chi connectivity index (χ3v) is 7.10. The van der Waals surface area contributed by atoms with Crippen molar-refractivity contribution in [3.05, 3.63) is 81.0 Å². The van der Waals surface area contributed by atoms with E-state index in [9.17, 15) is 19.7 Å². The molecule has 0 aliphatic carbocycles. The number of carbonyl (C=O) groups excluding carboxylic acids is 2. The lowest BCUT2D eigenvalue weighted by molar-refractivity contribution is -0.384. The summed E-state index contributed by atoms with van der Waals surface area (Å²) >= 11 is 2.43. The van der Waals surface area contributed by atoms with Crippen LogP contribution in [0.4, 0.5) is 10.8 Å². The molecule has 2 amide bonds. The Morgan fingerprint density at radius 2 is 1.97 bits per heavy atom. The summed E-state index contributed by atoms with van der Waals surface area (Å²) in [5, 5.41) is 27.6. The molecule has 2 aromatic heterocycles. The number of benzene rings is 2. The minimum Gasteiger partial charge on any atom is -0.342 e. The number of aryl methyl sites for hydroxylation is 1. The smallest absolute Gasteiger partial charge is 0.270 e. The van der Waals surface area contributed by atoms with Gasteiger partial charge in [0.1, 0.15) is 0 Å². The second-order valence-electron chi connectivity index (χ2n) is 8.15. The molecule has 190 valence electrons. The van der Waals surface area contributed by atoms with Gasteiger partial charge in [-0.1, -0.05) is 41.6 Å². The number of nitrogens with one attached hydrogen (secondary N) is 2. The first-order valence-electron chi connectivity index (χ1n) is 11.1. The third-order valence-electron chi connectivity index (χ3n) is 5.32. The van der Waals surface area contributed by atoms with Crippen molar-refractivity contribution in [2.75, 3.05) is 11.1 Å². The largest absolute Gasteiger partial charge is 0.342 e. The Labute approximate surface area is 220 Å². The number of anilines is 1. The van der Waals surface area contributed by atoms with Gasteiger partial charge < -0.3 is 15.2 Å². The van der Waals surface area contributed by atoms with Crippen LogP contribution in [-0.4, -0.2) is 42.2 Å². The van der Waals surface area contributed by atoms with Crippen LogP contribution in [0.5, 0.6) is 0 Å². The molecule has 37 heavy (non-hydrogen) atoms. The summed E-state index contributed by atoms with van der Waals surface area (Å²) in [6.07, 6.45) is 0. The van der Waals surface area contributed by atoms with Crippen molar-refractivity contribution in [1.82, 2.24) is 25.1 Å². The average molecular weight is 538 g/mol. The molecular formula is C24H23N7O4S2. The van der Waals surface area contributed by atoms with E-state index in [-0.39, 0.29) is 23.3 Å². The predicted molar refractivity (Wildman–Crippen MR) is 142 cm³/mol. The molecule has 11 nitrogen and oxygen atoms in total. The van der Waals surface area contributed by atoms with Crippen LogP contribution >= 0.6 is 23.1 Å². The molecule has 0 spiro atoms. The van der Waals surface area contributed by atoms with Gasteiger partial charge in [-0.3, -0.25) is 19.7 Å². The molecule has 0 bridgehead atoms. The molecule has 0 saturated heterocycles. The van der Waals surface area contributed by atoms with Gasteiger partial charge in [-0.2, -0.15) is 0 Å². The molecule has 0 fully saturated rings. The Morgan fingerprint density at radius 1 is 1.19 bits per heavy atom. The van der Waals surface area contributed by atoms with Crippen LogP contribution in [0, 0.1) is 17.0 Å². The number of amides is 2. The minimum atomic E-state index is -0.466. The van der Waals surface area contributed by atoms with Gasteiger partial charge in [0.15, 0.2) is 16.1 Å². The highest BCUT2D eigenvalue weighted by Crippen LogP contribution is 2.28. The van der Waals surface area contributed by atoms with Crippen molar-refractivity contribution in [3.8, 4) is 11.3 Å². The number of hydrogen-bond acceptors (Lipinski definition) is 9. The maximum Gasteiger partial charge on any atom is 0.270 e. The molecule has 0 radical (unpaired) electrons. The lowest BCUT2D eigenvalue weighted by Gasteiger charge is -2.14. The van der Waals surface area contributed by atoms with Crippen LogP contribution in [0.1, 0.15) is 34.7 Å². The van der Waals surface area contributed by atoms with Crippen molar-refractivity contribution in [2.45, 2.75) is 25.0 Å². The number of carbonyl (C=O) groups is 2. The van der Waals surface area contributed by atoms with E-state index < -0.39 is 11.0 Å². The molecule has 0 saturated carbocycles. The predicted octanol–water partition coefficient (Wildman–Crippen LogP) is 4.38. The molecule has 2 N–H and O–H groups in total. The summed E-state index contributed by atoms with van der Waals surface area (Å²) in [7, 11) is 1.77. The van der Waals surface area contributed by atoms with Crippen LogP contribution in [0.3, 0.4) is 0 Å². The summed E-state index contributed by atoms with van der Waals surface area (Å²) in [6.45, 7) is 3.74.